The fourth-order valence-electron chi connectivity index (χ4n) is 6.74. The van der Waals surface area contributed by atoms with Crippen molar-refractivity contribution in [3.05, 3.63) is 144 Å². The van der Waals surface area contributed by atoms with E-state index >= 15 is 8.63 Å². The highest BCUT2D eigenvalue weighted by Gasteiger charge is 2.30. The summed E-state index contributed by atoms with van der Waals surface area (Å²) in [6.45, 7) is 7.38. The summed E-state index contributed by atoms with van der Waals surface area (Å²) in [7, 11) is -2.85. The lowest BCUT2D eigenvalue weighted by Crippen LogP contribution is -2.31. The molecule has 0 saturated carbocycles. The van der Waals surface area contributed by atoms with Crippen LogP contribution in [0.5, 0.6) is 0 Å². The normalized spacial score (nSPS) is 17.8. The Morgan fingerprint density at radius 3 is 1.58 bits per heavy atom. The van der Waals surface area contributed by atoms with Crippen molar-refractivity contribution in [3.63, 3.8) is 0 Å². The zero-order valence-electron chi connectivity index (χ0n) is 32.0. The minimum atomic E-state index is -2.85. The van der Waals surface area contributed by atoms with Crippen LogP contribution in [-0.2, 0) is 30.2 Å². The number of hydrogen-bond acceptors (Lipinski definition) is 7. The van der Waals surface area contributed by atoms with Crippen LogP contribution in [0, 0.1) is 0 Å². The van der Waals surface area contributed by atoms with Crippen molar-refractivity contribution in [2.24, 2.45) is 9.98 Å². The van der Waals surface area contributed by atoms with E-state index in [2.05, 4.69) is 17.0 Å². The Morgan fingerprint density at radius 1 is 0.561 bits per heavy atom. The summed E-state index contributed by atoms with van der Waals surface area (Å²) in [6.07, 6.45) is 1.99. The highest BCUT2D eigenvalue weighted by atomic mass is 19.2. The second kappa shape index (κ2) is 20.9. The summed E-state index contributed by atoms with van der Waals surface area (Å²) >= 11 is 0. The van der Waals surface area contributed by atoms with Crippen LogP contribution in [0.15, 0.2) is 137 Å². The minimum absolute atomic E-state index is 0.140. The van der Waals surface area contributed by atoms with Crippen LogP contribution in [0.1, 0.15) is 16.7 Å². The summed E-state index contributed by atoms with van der Waals surface area (Å²) in [5.41, 5.74) is 6.78. The number of nitrogens with zero attached hydrogens (tertiary/aromatic N) is 4. The molecule has 0 spiro atoms. The van der Waals surface area contributed by atoms with Gasteiger partial charge in [-0.2, -0.15) is 0 Å². The molecule has 1 saturated heterocycles. The molecule has 0 radical (unpaired) electrons. The third kappa shape index (κ3) is 11.1. The van der Waals surface area contributed by atoms with Crippen LogP contribution >= 0.6 is 0 Å². The molecule has 0 bridgehead atoms. The van der Waals surface area contributed by atoms with Gasteiger partial charge in [-0.25, -0.2) is 9.98 Å². The summed E-state index contributed by atoms with van der Waals surface area (Å²) < 4.78 is 59.9. The highest BCUT2D eigenvalue weighted by Crippen LogP contribution is 2.40. The van der Waals surface area contributed by atoms with Crippen molar-refractivity contribution in [1.29, 1.82) is 0 Å². The van der Waals surface area contributed by atoms with Gasteiger partial charge in [0.1, 0.15) is 5.82 Å². The number of benzene rings is 4. The largest absolute Gasteiger partial charge is 0.679 e. The van der Waals surface area contributed by atoms with E-state index < -0.39 is 7.40 Å². The molecule has 1 aromatic heterocycles. The van der Waals surface area contributed by atoms with Gasteiger partial charge in [0.25, 0.3) is 0 Å². The van der Waals surface area contributed by atoms with Crippen LogP contribution in [-0.4, -0.2) is 107 Å². The zero-order valence-corrected chi connectivity index (χ0v) is 32.0. The lowest BCUT2D eigenvalue weighted by molar-refractivity contribution is -0.0189. The second-order valence-electron chi connectivity index (χ2n) is 13.5. The maximum Gasteiger partial charge on any atom is 0.679 e. The van der Waals surface area contributed by atoms with Crippen molar-refractivity contribution < 1.29 is 32.3 Å². The number of rotatable bonds is 8. The first kappa shape index (κ1) is 40.1. The molecule has 1 fully saturated rings. The molecule has 294 valence electrons. The lowest BCUT2D eigenvalue weighted by Gasteiger charge is -2.22. The maximum atomic E-state index is 15.2. The summed E-state index contributed by atoms with van der Waals surface area (Å²) in [5, 5.41) is 0. The minimum Gasteiger partial charge on any atom is -0.378 e. The van der Waals surface area contributed by atoms with Gasteiger partial charge >= 0.3 is 7.40 Å². The Labute approximate surface area is 333 Å². The molecule has 0 amide bonds. The van der Waals surface area contributed by atoms with Gasteiger partial charge in [0.2, 0.25) is 0 Å². The average molecular weight is 773 g/mol. The van der Waals surface area contributed by atoms with Crippen LogP contribution in [0.2, 0.25) is 0 Å². The predicted molar refractivity (Wildman–Crippen MR) is 223 cm³/mol. The molecule has 0 atom stereocenters. The van der Waals surface area contributed by atoms with Gasteiger partial charge in [0.15, 0.2) is 5.84 Å². The van der Waals surface area contributed by atoms with E-state index in [9.17, 15) is 0 Å². The van der Waals surface area contributed by atoms with Crippen LogP contribution in [0.4, 0.5) is 14.4 Å². The van der Waals surface area contributed by atoms with E-state index in [1.807, 2.05) is 109 Å². The van der Waals surface area contributed by atoms with Crippen molar-refractivity contribution in [3.8, 4) is 22.4 Å². The molecule has 3 heterocycles. The molecule has 2 aliphatic rings. The van der Waals surface area contributed by atoms with Gasteiger partial charge in [-0.05, 0) is 34.4 Å². The number of amidine groups is 1. The standard InChI is InChI=1S/C45H47BF2N4O5/c47-46(48)52-43(39-14-8-3-9-15-39)33-41(36-10-4-1-5-11-36)45(52)50-44-40(32-42(49-44)38-12-6-2-7-13-38)37-18-16-35(17-19-37)34-51-20-22-53-24-26-55-28-30-57-31-29-56-27-25-54-23-21-51/h1-19,32-33H,20-31,34H2/b50-44-. The van der Waals surface area contributed by atoms with Crippen molar-refractivity contribution >= 4 is 30.3 Å². The third-order valence-electron chi connectivity index (χ3n) is 9.65. The topological polar surface area (TPSA) is 79.0 Å². The molecule has 2 aliphatic heterocycles. The van der Waals surface area contributed by atoms with Crippen molar-refractivity contribution in [2.75, 3.05) is 79.2 Å². The number of aromatic nitrogens is 1. The molecule has 12 heteroatoms. The number of ether oxygens (including phenoxy) is 5. The Bertz CT molecular complexity index is 2080. The number of hydrogen-bond donors (Lipinski definition) is 0. The highest BCUT2D eigenvalue weighted by molar-refractivity contribution is 6.43. The fourth-order valence-corrected chi connectivity index (χ4v) is 6.74. The average Bonchev–Trinajstić information content (AvgIpc) is 3.85. The number of halogens is 2. The Kier molecular flexibility index (Phi) is 14.7. The van der Waals surface area contributed by atoms with E-state index in [-0.39, 0.29) is 5.82 Å². The van der Waals surface area contributed by atoms with Crippen molar-refractivity contribution in [1.82, 2.24) is 9.38 Å². The predicted octanol–water partition coefficient (Wildman–Crippen LogP) is 8.11. The quantitative estimate of drug-likeness (QED) is 0.149. The molecule has 7 rings (SSSR count). The van der Waals surface area contributed by atoms with Gasteiger partial charge < -0.3 is 28.2 Å². The second-order valence-corrected chi connectivity index (χ2v) is 13.5. The SMILES string of the molecule is FB(F)n1c(-c2ccccc2)cc(-c2ccccc2)c1/N=C1\N=C(c2ccccc2)C=C1c1ccc(CN2CCOCCOCCOCCOCCOCC2)cc1. The molecule has 57 heavy (non-hydrogen) atoms. The monoisotopic (exact) mass is 772 g/mol. The van der Waals surface area contributed by atoms with E-state index in [0.717, 1.165) is 45.4 Å². The summed E-state index contributed by atoms with van der Waals surface area (Å²) in [6, 6.07) is 38.7. The van der Waals surface area contributed by atoms with Crippen LogP contribution < -0.4 is 0 Å². The van der Waals surface area contributed by atoms with Crippen molar-refractivity contribution in [2.45, 2.75) is 6.54 Å². The first-order valence-corrected chi connectivity index (χ1v) is 19.4. The summed E-state index contributed by atoms with van der Waals surface area (Å²) in [4.78, 5) is 12.3. The summed E-state index contributed by atoms with van der Waals surface area (Å²) in [5.74, 6) is 0.502. The van der Waals surface area contributed by atoms with E-state index in [1.165, 1.54) is 0 Å². The van der Waals surface area contributed by atoms with Gasteiger partial charge in [-0.3, -0.25) is 13.5 Å². The van der Waals surface area contributed by atoms with Crippen LogP contribution in [0.25, 0.3) is 28.0 Å². The molecular formula is C45H47BF2N4O5. The Hall–Kier alpha value is -5.08. The molecule has 4 aromatic carbocycles. The first-order valence-electron chi connectivity index (χ1n) is 19.4. The maximum absolute atomic E-state index is 15.2. The van der Waals surface area contributed by atoms with E-state index in [4.69, 9.17) is 33.7 Å². The Morgan fingerprint density at radius 2 is 1.05 bits per heavy atom. The molecular weight excluding hydrogens is 725 g/mol. The number of allylic oxidation sites excluding steroid dienone is 1. The Balaban J connectivity index is 1.17. The molecule has 5 aromatic rings. The lowest BCUT2D eigenvalue weighted by atomic mass is 10.0. The van der Waals surface area contributed by atoms with Gasteiger partial charge in [-0.1, -0.05) is 115 Å². The fraction of sp³-hybridized carbons (Fsp3) is 0.289. The van der Waals surface area contributed by atoms with E-state index in [1.54, 1.807) is 6.07 Å². The molecule has 0 N–H and O–H groups in total. The van der Waals surface area contributed by atoms with Gasteiger partial charge in [0, 0.05) is 42.0 Å². The smallest absolute Gasteiger partial charge is 0.378 e. The van der Waals surface area contributed by atoms with Gasteiger partial charge in [-0.15, -0.1) is 0 Å². The third-order valence-corrected chi connectivity index (χ3v) is 9.65. The zero-order chi connectivity index (χ0) is 39.1. The molecule has 0 unspecified atom stereocenters. The molecule has 9 nitrogen and oxygen atoms in total. The van der Waals surface area contributed by atoms with E-state index in [0.29, 0.717) is 101 Å². The van der Waals surface area contributed by atoms with Crippen LogP contribution in [0.3, 0.4) is 0 Å². The molecule has 0 aliphatic carbocycles. The number of aliphatic imine (C=N–C) groups is 2. The van der Waals surface area contributed by atoms with Gasteiger partial charge in [0.05, 0.1) is 71.8 Å². The first-order chi connectivity index (χ1) is 28.1.